The first kappa shape index (κ1) is 24.9. The molecule has 170 valence electrons. The Labute approximate surface area is 202 Å². The van der Waals surface area contributed by atoms with Crippen molar-refractivity contribution in [3.63, 3.8) is 0 Å². The highest BCUT2D eigenvalue weighted by molar-refractivity contribution is 8.67. The summed E-state index contributed by atoms with van der Waals surface area (Å²) >= 11 is 7.75. The predicted octanol–water partition coefficient (Wildman–Crippen LogP) is 8.90. The molecule has 0 atom stereocenters. The molecule has 0 heterocycles. The molecule has 0 saturated heterocycles. The Morgan fingerprint density at radius 2 is 1.06 bits per heavy atom. The van der Waals surface area contributed by atoms with Crippen molar-refractivity contribution in [1.29, 1.82) is 0 Å². The Morgan fingerprint density at radius 3 is 1.50 bits per heavy atom. The molecule has 0 aliphatic heterocycles. The van der Waals surface area contributed by atoms with E-state index in [9.17, 15) is 0 Å². The van der Waals surface area contributed by atoms with Crippen LogP contribution in [0.15, 0.2) is 78.9 Å². The number of rotatable bonds is 7. The fraction of sp³-hybridized carbons (Fsp3) is 0.333. The molecule has 0 aliphatic rings. The first-order valence-corrected chi connectivity index (χ1v) is 15.1. The van der Waals surface area contributed by atoms with E-state index in [4.69, 9.17) is 20.9 Å². The average molecular weight is 485 g/mol. The summed E-state index contributed by atoms with van der Waals surface area (Å²) in [5.41, 5.74) is 0.553. The summed E-state index contributed by atoms with van der Waals surface area (Å²) in [6.07, 6.45) is 0. The minimum Gasteiger partial charge on any atom is -0.428 e. The largest absolute Gasteiger partial charge is 0.428 e. The van der Waals surface area contributed by atoms with Crippen LogP contribution in [0, 0.1) is 0 Å². The van der Waals surface area contributed by atoms with Crippen LogP contribution in [0.5, 0.6) is 11.5 Å². The lowest BCUT2D eigenvalue weighted by Crippen LogP contribution is -2.14. The molecule has 2 nitrogen and oxygen atoms in total. The quantitative estimate of drug-likeness (QED) is 0.312. The Bertz CT molecular complexity index is 1020. The lowest BCUT2D eigenvalue weighted by molar-refractivity contribution is 0.472. The summed E-state index contributed by atoms with van der Waals surface area (Å²) in [4.78, 5) is 0. The van der Waals surface area contributed by atoms with Gasteiger partial charge in [-0.25, -0.2) is 0 Å². The van der Waals surface area contributed by atoms with E-state index in [-0.39, 0.29) is 10.8 Å². The molecule has 3 aromatic carbocycles. The van der Waals surface area contributed by atoms with Gasteiger partial charge in [0.05, 0.1) is 0 Å². The minimum atomic E-state index is -2.77. The zero-order valence-electron chi connectivity index (χ0n) is 19.8. The van der Waals surface area contributed by atoms with Gasteiger partial charge in [0.1, 0.15) is 11.5 Å². The van der Waals surface area contributed by atoms with Gasteiger partial charge in [-0.3, -0.25) is 0 Å². The third-order valence-corrected chi connectivity index (χ3v) is 9.84. The van der Waals surface area contributed by atoms with Crippen molar-refractivity contribution in [2.75, 3.05) is 0 Å². The lowest BCUT2D eigenvalue weighted by atomic mass is 9.86. The van der Waals surface area contributed by atoms with Crippen LogP contribution >= 0.6 is 17.1 Å². The molecule has 0 spiro atoms. The summed E-state index contributed by atoms with van der Waals surface area (Å²) in [5.74, 6) is 2.34. The van der Waals surface area contributed by atoms with Gasteiger partial charge in [0.25, 0.3) is 0 Å². The van der Waals surface area contributed by atoms with Crippen LogP contribution in [0.25, 0.3) is 0 Å². The Morgan fingerprint density at radius 1 is 0.656 bits per heavy atom. The standard InChI is InChI=1S/C27H33O2PS2/c1-26(2,3)22-16-10-12-18-24(22)28-30(31,32-20-21-14-8-7-9-15-21)29-25-19-13-11-17-23(25)27(4,5)6/h7-19H,20H2,1-6H3. The van der Waals surface area contributed by atoms with Gasteiger partial charge in [-0.15, -0.1) is 0 Å². The van der Waals surface area contributed by atoms with Gasteiger partial charge in [0, 0.05) is 5.75 Å². The number of benzene rings is 3. The topological polar surface area (TPSA) is 18.5 Å². The summed E-state index contributed by atoms with van der Waals surface area (Å²) in [7, 11) is 0. The van der Waals surface area contributed by atoms with Gasteiger partial charge in [0.15, 0.2) is 0 Å². The number of hydrogen-bond acceptors (Lipinski definition) is 4. The Hall–Kier alpha value is -1.74. The Balaban J connectivity index is 1.99. The van der Waals surface area contributed by atoms with Crippen LogP contribution in [-0.2, 0) is 28.4 Å². The van der Waals surface area contributed by atoms with Crippen LogP contribution in [0.1, 0.15) is 58.2 Å². The maximum Gasteiger partial charge on any atom is 0.348 e. The highest BCUT2D eigenvalue weighted by Gasteiger charge is 2.30. The zero-order chi connectivity index (χ0) is 23.4. The smallest absolute Gasteiger partial charge is 0.348 e. The van der Waals surface area contributed by atoms with Crippen molar-refractivity contribution in [3.05, 3.63) is 95.6 Å². The first-order valence-electron chi connectivity index (χ1n) is 10.8. The van der Waals surface area contributed by atoms with Crippen LogP contribution < -0.4 is 9.05 Å². The van der Waals surface area contributed by atoms with E-state index in [0.717, 1.165) is 28.4 Å². The molecular weight excluding hydrogens is 451 g/mol. The highest BCUT2D eigenvalue weighted by Crippen LogP contribution is 2.62. The molecule has 0 N–H and O–H groups in total. The van der Waals surface area contributed by atoms with E-state index >= 15 is 0 Å². The molecule has 32 heavy (non-hydrogen) atoms. The minimum absolute atomic E-state index is 0.0653. The molecule has 0 amide bonds. The van der Waals surface area contributed by atoms with E-state index in [1.165, 1.54) is 5.56 Å². The number of para-hydroxylation sites is 2. The second-order valence-corrected chi connectivity index (χ2v) is 16.0. The molecule has 5 heteroatoms. The second-order valence-electron chi connectivity index (χ2n) is 9.88. The van der Waals surface area contributed by atoms with Gasteiger partial charge in [-0.2, -0.15) is 0 Å². The first-order chi connectivity index (χ1) is 15.0. The fourth-order valence-corrected chi connectivity index (χ4v) is 7.49. The van der Waals surface area contributed by atoms with Crippen molar-refractivity contribution in [2.45, 2.75) is 58.1 Å². The van der Waals surface area contributed by atoms with Crippen molar-refractivity contribution < 1.29 is 9.05 Å². The molecule has 0 fully saturated rings. The molecule has 0 radical (unpaired) electrons. The third-order valence-electron chi connectivity index (χ3n) is 5.04. The highest BCUT2D eigenvalue weighted by atomic mass is 32.9. The van der Waals surface area contributed by atoms with Gasteiger partial charge >= 0.3 is 5.69 Å². The predicted molar refractivity (Wildman–Crippen MR) is 144 cm³/mol. The monoisotopic (exact) mass is 484 g/mol. The van der Waals surface area contributed by atoms with Crippen molar-refractivity contribution >= 4 is 28.9 Å². The lowest BCUT2D eigenvalue weighted by Gasteiger charge is -2.30. The second kappa shape index (κ2) is 10.0. The van der Waals surface area contributed by atoms with Crippen LogP contribution in [0.4, 0.5) is 0 Å². The SMILES string of the molecule is CC(C)(C)c1ccccc1OP(=S)(Oc1ccccc1C(C)(C)C)SCc1ccccc1. The van der Waals surface area contributed by atoms with Gasteiger partial charge < -0.3 is 9.05 Å². The van der Waals surface area contributed by atoms with Crippen LogP contribution in [-0.4, -0.2) is 0 Å². The van der Waals surface area contributed by atoms with Gasteiger partial charge in [-0.1, -0.05) is 108 Å². The number of hydrogen-bond donors (Lipinski definition) is 0. The van der Waals surface area contributed by atoms with Crippen LogP contribution in [0.2, 0.25) is 0 Å². The maximum absolute atomic E-state index is 6.62. The molecule has 3 aromatic rings. The zero-order valence-corrected chi connectivity index (χ0v) is 22.3. The maximum atomic E-state index is 6.62. The molecule has 0 unspecified atom stereocenters. The van der Waals surface area contributed by atoms with Gasteiger partial charge in [-0.05, 0) is 62.8 Å². The van der Waals surface area contributed by atoms with E-state index in [1.807, 2.05) is 54.6 Å². The fourth-order valence-electron chi connectivity index (χ4n) is 3.37. The Kier molecular flexibility index (Phi) is 7.81. The van der Waals surface area contributed by atoms with Crippen LogP contribution in [0.3, 0.4) is 0 Å². The summed E-state index contributed by atoms with van der Waals surface area (Å²) < 4.78 is 13.2. The molecule has 0 bridgehead atoms. The molecular formula is C27H33O2PS2. The van der Waals surface area contributed by atoms with Crippen molar-refractivity contribution in [3.8, 4) is 11.5 Å². The summed E-state index contributed by atoms with van der Waals surface area (Å²) in [6.45, 7) is 13.1. The van der Waals surface area contributed by atoms with E-state index in [2.05, 4.69) is 65.8 Å². The molecule has 3 rings (SSSR count). The molecule has 0 aliphatic carbocycles. The van der Waals surface area contributed by atoms with Crippen molar-refractivity contribution in [1.82, 2.24) is 0 Å². The summed E-state index contributed by atoms with van der Waals surface area (Å²) in [6, 6.07) is 26.6. The average Bonchev–Trinajstić information content (AvgIpc) is 2.72. The summed E-state index contributed by atoms with van der Waals surface area (Å²) in [5, 5.41) is 0. The molecule has 0 aromatic heterocycles. The van der Waals surface area contributed by atoms with E-state index in [1.54, 1.807) is 11.4 Å². The van der Waals surface area contributed by atoms with Gasteiger partial charge in [0.2, 0.25) is 0 Å². The third kappa shape index (κ3) is 6.63. The van der Waals surface area contributed by atoms with Crippen molar-refractivity contribution in [2.24, 2.45) is 0 Å². The van der Waals surface area contributed by atoms with E-state index in [0.29, 0.717) is 0 Å². The normalized spacial score (nSPS) is 12.4. The molecule has 0 saturated carbocycles. The van der Waals surface area contributed by atoms with E-state index < -0.39 is 5.69 Å².